The Morgan fingerprint density at radius 3 is 2.26 bits per heavy atom. The molecule has 1 aliphatic rings. The van der Waals surface area contributed by atoms with Gasteiger partial charge in [0.1, 0.15) is 6.79 Å². The fourth-order valence-electron chi connectivity index (χ4n) is 5.32. The van der Waals surface area contributed by atoms with E-state index < -0.39 is 12.9 Å². The molecule has 1 aliphatic carbocycles. The van der Waals surface area contributed by atoms with E-state index in [2.05, 4.69) is 0 Å². The molecule has 39 heavy (non-hydrogen) atoms. The molecule has 0 bridgehead atoms. The lowest BCUT2D eigenvalue weighted by molar-refractivity contribution is -0.0690. The molecule has 0 aromatic heterocycles. The first-order valence-corrected chi connectivity index (χ1v) is 13.8. The van der Waals surface area contributed by atoms with Crippen LogP contribution in [0.15, 0.2) is 30.3 Å². The van der Waals surface area contributed by atoms with E-state index in [0.29, 0.717) is 55.3 Å². The Bertz CT molecular complexity index is 987. The van der Waals surface area contributed by atoms with E-state index in [0.717, 1.165) is 43.2 Å². The summed E-state index contributed by atoms with van der Waals surface area (Å²) in [5.41, 5.74) is 1.83. The lowest BCUT2D eigenvalue weighted by Crippen LogP contribution is -2.22. The van der Waals surface area contributed by atoms with E-state index in [1.165, 1.54) is 14.2 Å². The van der Waals surface area contributed by atoms with Crippen LogP contribution < -0.4 is 14.2 Å². The molecule has 2 aromatic carbocycles. The Balaban J connectivity index is 1.52. The summed E-state index contributed by atoms with van der Waals surface area (Å²) in [7, 11) is 2.94. The summed E-state index contributed by atoms with van der Waals surface area (Å²) in [6, 6.07) is 8.78. The van der Waals surface area contributed by atoms with Gasteiger partial charge in [-0.2, -0.15) is 0 Å². The highest BCUT2D eigenvalue weighted by molar-refractivity contribution is 5.52. The third-order valence-electron chi connectivity index (χ3n) is 7.49. The van der Waals surface area contributed by atoms with Gasteiger partial charge in [-0.25, -0.2) is 0 Å². The highest BCUT2D eigenvalue weighted by Crippen LogP contribution is 2.38. The fraction of sp³-hybridized carbons (Fsp3) is 0.600. The maximum Gasteiger partial charge on any atom is 0.200 e. The number of ether oxygens (including phenoxy) is 4. The lowest BCUT2D eigenvalue weighted by Gasteiger charge is -2.21. The second-order valence-electron chi connectivity index (χ2n) is 10.3. The number of benzene rings is 2. The number of aliphatic hydroxyl groups excluding tert-OH is 3. The summed E-state index contributed by atoms with van der Waals surface area (Å²) in [5.74, 6) is 1.69. The van der Waals surface area contributed by atoms with Gasteiger partial charge in [0.2, 0.25) is 5.75 Å². The molecule has 9 nitrogen and oxygen atoms in total. The SMILES string of the molecule is COc1cc(CCC(O)CC(CCc2ccc(O)c(OC3CCC(CCCO)C3)c2)OCO)cc(OC)c1O. The first-order valence-electron chi connectivity index (χ1n) is 13.8. The number of phenolic OH excluding ortho intramolecular Hbond substituents is 2. The van der Waals surface area contributed by atoms with Gasteiger partial charge in [0.15, 0.2) is 23.0 Å². The molecule has 4 atom stereocenters. The number of aromatic hydroxyl groups is 2. The molecule has 0 amide bonds. The quantitative estimate of drug-likeness (QED) is 0.185. The number of aliphatic hydroxyl groups is 3. The minimum absolute atomic E-state index is 0.0592. The van der Waals surface area contributed by atoms with E-state index >= 15 is 0 Å². The molecule has 0 spiro atoms. The summed E-state index contributed by atoms with van der Waals surface area (Å²) in [4.78, 5) is 0. The molecule has 0 saturated heterocycles. The summed E-state index contributed by atoms with van der Waals surface area (Å²) in [6.07, 6.45) is 6.35. The van der Waals surface area contributed by atoms with E-state index in [-0.39, 0.29) is 30.3 Å². The van der Waals surface area contributed by atoms with Crippen LogP contribution in [0.1, 0.15) is 62.5 Å². The average molecular weight is 549 g/mol. The van der Waals surface area contributed by atoms with Gasteiger partial charge >= 0.3 is 0 Å². The summed E-state index contributed by atoms with van der Waals surface area (Å²) < 4.78 is 22.0. The molecule has 0 aliphatic heterocycles. The molecule has 0 heterocycles. The van der Waals surface area contributed by atoms with Crippen molar-refractivity contribution in [2.75, 3.05) is 27.6 Å². The van der Waals surface area contributed by atoms with Crippen LogP contribution in [-0.2, 0) is 17.6 Å². The molecule has 1 saturated carbocycles. The molecule has 4 unspecified atom stereocenters. The van der Waals surface area contributed by atoms with E-state index in [1.807, 2.05) is 12.1 Å². The van der Waals surface area contributed by atoms with Gasteiger partial charge in [0, 0.05) is 6.61 Å². The fourth-order valence-corrected chi connectivity index (χ4v) is 5.32. The summed E-state index contributed by atoms with van der Waals surface area (Å²) in [6.45, 7) is -0.224. The van der Waals surface area contributed by atoms with Gasteiger partial charge in [0.25, 0.3) is 0 Å². The molecule has 3 rings (SSSR count). The zero-order chi connectivity index (χ0) is 28.2. The topological polar surface area (TPSA) is 138 Å². The predicted molar refractivity (Wildman–Crippen MR) is 147 cm³/mol. The van der Waals surface area contributed by atoms with Crippen molar-refractivity contribution >= 4 is 0 Å². The van der Waals surface area contributed by atoms with Crippen LogP contribution in [-0.4, -0.2) is 71.5 Å². The number of aryl methyl sites for hydroxylation is 2. The summed E-state index contributed by atoms with van der Waals surface area (Å²) >= 11 is 0. The Morgan fingerprint density at radius 1 is 0.897 bits per heavy atom. The van der Waals surface area contributed by atoms with Crippen LogP contribution in [0.5, 0.6) is 28.7 Å². The van der Waals surface area contributed by atoms with Crippen molar-refractivity contribution in [3.8, 4) is 28.7 Å². The molecule has 218 valence electrons. The van der Waals surface area contributed by atoms with Crippen molar-refractivity contribution < 1.29 is 44.5 Å². The number of hydrogen-bond acceptors (Lipinski definition) is 9. The first kappa shape index (κ1) is 30.8. The minimum Gasteiger partial charge on any atom is -0.504 e. The third-order valence-corrected chi connectivity index (χ3v) is 7.49. The van der Waals surface area contributed by atoms with Crippen LogP contribution in [0.25, 0.3) is 0 Å². The van der Waals surface area contributed by atoms with Gasteiger partial charge in [-0.15, -0.1) is 0 Å². The Hall–Kier alpha value is -2.72. The largest absolute Gasteiger partial charge is 0.504 e. The van der Waals surface area contributed by atoms with E-state index in [9.17, 15) is 20.4 Å². The van der Waals surface area contributed by atoms with Crippen molar-refractivity contribution in [1.82, 2.24) is 0 Å². The van der Waals surface area contributed by atoms with Gasteiger partial charge in [-0.1, -0.05) is 6.07 Å². The zero-order valence-corrected chi connectivity index (χ0v) is 23.1. The van der Waals surface area contributed by atoms with Crippen LogP contribution in [0.3, 0.4) is 0 Å². The van der Waals surface area contributed by atoms with Crippen molar-refractivity contribution in [2.45, 2.75) is 82.5 Å². The van der Waals surface area contributed by atoms with Crippen molar-refractivity contribution in [1.29, 1.82) is 0 Å². The first-order chi connectivity index (χ1) is 18.9. The van der Waals surface area contributed by atoms with Crippen LogP contribution in [0.2, 0.25) is 0 Å². The van der Waals surface area contributed by atoms with Gasteiger partial charge in [0.05, 0.1) is 32.5 Å². The molecule has 1 fully saturated rings. The van der Waals surface area contributed by atoms with Crippen LogP contribution >= 0.6 is 0 Å². The molecular weight excluding hydrogens is 504 g/mol. The lowest BCUT2D eigenvalue weighted by atomic mass is 9.98. The van der Waals surface area contributed by atoms with Gasteiger partial charge < -0.3 is 44.5 Å². The summed E-state index contributed by atoms with van der Waals surface area (Å²) in [5, 5.41) is 49.6. The van der Waals surface area contributed by atoms with Gasteiger partial charge in [-0.3, -0.25) is 0 Å². The minimum atomic E-state index is -0.660. The number of methoxy groups -OCH3 is 2. The standard InChI is InChI=1S/C30H44O9/c1-36-28-16-22(17-29(37-2)30(28)35)5-9-23(33)18-24(38-19-32)10-6-21-8-12-26(34)27(15-21)39-25-11-7-20(14-25)4-3-13-31/h8,12,15-17,20,23-25,31-35H,3-7,9-11,13-14,18-19H2,1-2H3. The smallest absolute Gasteiger partial charge is 0.200 e. The van der Waals surface area contributed by atoms with E-state index in [1.54, 1.807) is 18.2 Å². The Kier molecular flexibility index (Phi) is 12.5. The van der Waals surface area contributed by atoms with Crippen molar-refractivity contribution in [3.05, 3.63) is 41.5 Å². The Morgan fingerprint density at radius 2 is 1.59 bits per heavy atom. The van der Waals surface area contributed by atoms with Gasteiger partial charge in [-0.05, 0) is 106 Å². The monoisotopic (exact) mass is 548 g/mol. The molecule has 0 radical (unpaired) electrons. The highest BCUT2D eigenvalue weighted by atomic mass is 16.6. The normalized spacial score (nSPS) is 18.6. The number of rotatable bonds is 17. The van der Waals surface area contributed by atoms with Crippen molar-refractivity contribution in [3.63, 3.8) is 0 Å². The molecule has 9 heteroatoms. The maximum atomic E-state index is 10.7. The zero-order valence-electron chi connectivity index (χ0n) is 23.1. The average Bonchev–Trinajstić information content (AvgIpc) is 3.38. The molecule has 2 aromatic rings. The van der Waals surface area contributed by atoms with Crippen LogP contribution in [0.4, 0.5) is 0 Å². The number of phenols is 2. The Labute approximate surface area is 230 Å². The van der Waals surface area contributed by atoms with Crippen molar-refractivity contribution in [2.24, 2.45) is 5.92 Å². The number of hydrogen-bond donors (Lipinski definition) is 5. The maximum absolute atomic E-state index is 10.7. The third kappa shape index (κ3) is 9.46. The highest BCUT2D eigenvalue weighted by Gasteiger charge is 2.26. The molecular formula is C30H44O9. The van der Waals surface area contributed by atoms with Crippen LogP contribution in [0, 0.1) is 5.92 Å². The predicted octanol–water partition coefficient (Wildman–Crippen LogP) is 4.09. The second kappa shape index (κ2) is 15.8. The second-order valence-corrected chi connectivity index (χ2v) is 10.3. The van der Waals surface area contributed by atoms with E-state index in [4.69, 9.17) is 24.1 Å². The molecule has 5 N–H and O–H groups in total.